The number of carbonyl (C=O) groups is 3. The molecule has 2 aromatic rings. The van der Waals surface area contributed by atoms with Crippen molar-refractivity contribution in [1.82, 2.24) is 10.6 Å². The van der Waals surface area contributed by atoms with Gasteiger partial charge in [0.2, 0.25) is 0 Å². The van der Waals surface area contributed by atoms with E-state index in [1.807, 2.05) is 13.8 Å². The van der Waals surface area contributed by atoms with E-state index in [2.05, 4.69) is 26.6 Å². The number of carboxylic acids is 1. The van der Waals surface area contributed by atoms with Crippen LogP contribution >= 0.6 is 15.9 Å². The lowest BCUT2D eigenvalue weighted by Gasteiger charge is -2.18. The van der Waals surface area contributed by atoms with E-state index in [4.69, 9.17) is 0 Å². The zero-order valence-electron chi connectivity index (χ0n) is 16.2. The van der Waals surface area contributed by atoms with Gasteiger partial charge < -0.3 is 15.7 Å². The number of nitrogens with one attached hydrogen (secondary N) is 2. The number of hydrogen-bond donors (Lipinski definition) is 3. The van der Waals surface area contributed by atoms with Crippen molar-refractivity contribution in [2.45, 2.75) is 26.3 Å². The van der Waals surface area contributed by atoms with E-state index in [-0.39, 0.29) is 18.0 Å². The van der Waals surface area contributed by atoms with Crippen LogP contribution < -0.4 is 10.6 Å². The van der Waals surface area contributed by atoms with Crippen molar-refractivity contribution >= 4 is 39.8 Å². The standard InChI is InChI=1S/C22H23BrN2O4/c1-14(2)12-19(22(28)29)25-21(27)18(13-15-8-10-17(23)11-9-15)24-20(26)16-6-4-3-5-7-16/h3-11,13-14,19H,12H2,1-2H3,(H,24,26)(H,25,27)(H,28,29)/b18-13-/t19-/m1/s1. The lowest BCUT2D eigenvalue weighted by Crippen LogP contribution is -2.45. The van der Waals surface area contributed by atoms with Crippen LogP contribution in [0.25, 0.3) is 6.08 Å². The molecular formula is C22H23BrN2O4. The highest BCUT2D eigenvalue weighted by Gasteiger charge is 2.24. The summed E-state index contributed by atoms with van der Waals surface area (Å²) in [5.74, 6) is -2.16. The van der Waals surface area contributed by atoms with E-state index < -0.39 is 23.8 Å². The molecule has 0 fully saturated rings. The molecule has 29 heavy (non-hydrogen) atoms. The highest BCUT2D eigenvalue weighted by Crippen LogP contribution is 2.14. The maximum Gasteiger partial charge on any atom is 0.326 e. The van der Waals surface area contributed by atoms with Crippen LogP contribution in [0.3, 0.4) is 0 Å². The molecule has 0 bridgehead atoms. The quantitative estimate of drug-likeness (QED) is 0.523. The highest BCUT2D eigenvalue weighted by atomic mass is 79.9. The van der Waals surface area contributed by atoms with Gasteiger partial charge in [-0.05, 0) is 48.2 Å². The smallest absolute Gasteiger partial charge is 0.326 e. The van der Waals surface area contributed by atoms with Gasteiger partial charge in [-0.3, -0.25) is 9.59 Å². The van der Waals surface area contributed by atoms with Crippen molar-refractivity contribution in [1.29, 1.82) is 0 Å². The Balaban J connectivity index is 2.30. The molecule has 2 amide bonds. The molecule has 0 heterocycles. The van der Waals surface area contributed by atoms with Gasteiger partial charge in [-0.2, -0.15) is 0 Å². The first kappa shape index (κ1) is 22.4. The van der Waals surface area contributed by atoms with E-state index in [1.165, 1.54) is 6.08 Å². The minimum Gasteiger partial charge on any atom is -0.480 e. The predicted molar refractivity (Wildman–Crippen MR) is 115 cm³/mol. The Labute approximate surface area is 178 Å². The Morgan fingerprint density at radius 3 is 2.21 bits per heavy atom. The van der Waals surface area contributed by atoms with E-state index in [9.17, 15) is 19.5 Å². The minimum absolute atomic E-state index is 0.0313. The molecule has 152 valence electrons. The van der Waals surface area contributed by atoms with E-state index in [1.54, 1.807) is 54.6 Å². The van der Waals surface area contributed by atoms with Crippen LogP contribution in [-0.4, -0.2) is 28.9 Å². The Kier molecular flexibility index (Phi) is 8.15. The summed E-state index contributed by atoms with van der Waals surface area (Å²) in [4.78, 5) is 36.9. The fraction of sp³-hybridized carbons (Fsp3) is 0.227. The monoisotopic (exact) mass is 458 g/mol. The zero-order valence-corrected chi connectivity index (χ0v) is 17.8. The van der Waals surface area contributed by atoms with Crippen LogP contribution in [0.1, 0.15) is 36.2 Å². The summed E-state index contributed by atoms with van der Waals surface area (Å²) in [5, 5.41) is 14.5. The van der Waals surface area contributed by atoms with Crippen molar-refractivity contribution in [3.63, 3.8) is 0 Å². The number of amides is 2. The average Bonchev–Trinajstić information content (AvgIpc) is 2.68. The molecule has 7 heteroatoms. The van der Waals surface area contributed by atoms with Crippen molar-refractivity contribution in [3.8, 4) is 0 Å². The zero-order chi connectivity index (χ0) is 21.4. The van der Waals surface area contributed by atoms with Crippen molar-refractivity contribution in [2.75, 3.05) is 0 Å². The number of rotatable bonds is 8. The van der Waals surface area contributed by atoms with Crippen LogP contribution in [0.5, 0.6) is 0 Å². The molecule has 0 aliphatic rings. The average molecular weight is 459 g/mol. The van der Waals surface area contributed by atoms with E-state index in [0.29, 0.717) is 11.1 Å². The van der Waals surface area contributed by atoms with Crippen LogP contribution in [0.15, 0.2) is 64.8 Å². The molecule has 3 N–H and O–H groups in total. The van der Waals surface area contributed by atoms with Gasteiger partial charge in [0.05, 0.1) is 0 Å². The summed E-state index contributed by atoms with van der Waals surface area (Å²) in [5.41, 5.74) is 1.04. The first-order valence-electron chi connectivity index (χ1n) is 9.13. The largest absolute Gasteiger partial charge is 0.480 e. The van der Waals surface area contributed by atoms with Gasteiger partial charge in [-0.15, -0.1) is 0 Å². The van der Waals surface area contributed by atoms with Gasteiger partial charge in [0.25, 0.3) is 11.8 Å². The molecule has 0 spiro atoms. The van der Waals surface area contributed by atoms with Gasteiger partial charge in [-0.25, -0.2) is 4.79 Å². The van der Waals surface area contributed by atoms with Crippen LogP contribution in [0.2, 0.25) is 0 Å². The van der Waals surface area contributed by atoms with Gasteiger partial charge in [0, 0.05) is 10.0 Å². The first-order valence-corrected chi connectivity index (χ1v) is 9.93. The number of benzene rings is 2. The van der Waals surface area contributed by atoms with Crippen LogP contribution in [0, 0.1) is 5.92 Å². The lowest BCUT2D eigenvalue weighted by atomic mass is 10.0. The molecule has 0 aromatic heterocycles. The summed E-state index contributed by atoms with van der Waals surface area (Å²) in [6.07, 6.45) is 1.79. The molecule has 0 saturated heterocycles. The van der Waals surface area contributed by atoms with Crippen molar-refractivity contribution in [2.24, 2.45) is 5.92 Å². The lowest BCUT2D eigenvalue weighted by molar-refractivity contribution is -0.141. The van der Waals surface area contributed by atoms with Gasteiger partial charge in [-0.1, -0.05) is 60.1 Å². The summed E-state index contributed by atoms with van der Waals surface area (Å²) in [7, 11) is 0. The molecule has 0 aliphatic carbocycles. The second kappa shape index (κ2) is 10.6. The summed E-state index contributed by atoms with van der Waals surface area (Å²) >= 11 is 3.35. The van der Waals surface area contributed by atoms with Crippen molar-refractivity contribution in [3.05, 3.63) is 75.9 Å². The van der Waals surface area contributed by atoms with Crippen molar-refractivity contribution < 1.29 is 19.5 Å². The second-order valence-electron chi connectivity index (χ2n) is 6.92. The molecule has 0 aliphatic heterocycles. The summed E-state index contributed by atoms with van der Waals surface area (Å²) < 4.78 is 0.872. The maximum absolute atomic E-state index is 12.8. The third-order valence-electron chi connectivity index (χ3n) is 4.02. The number of carbonyl (C=O) groups excluding carboxylic acids is 2. The number of aliphatic carboxylic acids is 1. The SMILES string of the molecule is CC(C)C[C@@H](NC(=O)/C(=C/c1ccc(Br)cc1)NC(=O)c1ccccc1)C(=O)O. The number of halogens is 1. The topological polar surface area (TPSA) is 95.5 Å². The molecular weight excluding hydrogens is 436 g/mol. The Morgan fingerprint density at radius 2 is 1.66 bits per heavy atom. The number of hydrogen-bond acceptors (Lipinski definition) is 3. The molecule has 0 unspecified atom stereocenters. The third kappa shape index (κ3) is 7.19. The Hall–Kier alpha value is -2.93. The Morgan fingerprint density at radius 1 is 1.03 bits per heavy atom. The molecule has 0 radical (unpaired) electrons. The van der Waals surface area contributed by atoms with Crippen LogP contribution in [-0.2, 0) is 9.59 Å². The highest BCUT2D eigenvalue weighted by molar-refractivity contribution is 9.10. The van der Waals surface area contributed by atoms with E-state index in [0.717, 1.165) is 4.47 Å². The van der Waals surface area contributed by atoms with E-state index >= 15 is 0 Å². The van der Waals surface area contributed by atoms with Gasteiger partial charge >= 0.3 is 5.97 Å². The van der Waals surface area contributed by atoms with Crippen LogP contribution in [0.4, 0.5) is 0 Å². The molecule has 1 atom stereocenters. The fourth-order valence-corrected chi connectivity index (χ4v) is 2.86. The molecule has 2 rings (SSSR count). The minimum atomic E-state index is -1.12. The number of carboxylic acid groups (broad SMARTS) is 1. The van der Waals surface area contributed by atoms with Gasteiger partial charge in [0.15, 0.2) is 0 Å². The third-order valence-corrected chi connectivity index (χ3v) is 4.55. The molecule has 0 saturated carbocycles. The molecule has 2 aromatic carbocycles. The Bertz CT molecular complexity index is 893. The predicted octanol–water partition coefficient (Wildman–Crippen LogP) is 3.84. The molecule has 6 nitrogen and oxygen atoms in total. The fourth-order valence-electron chi connectivity index (χ4n) is 2.60. The second-order valence-corrected chi connectivity index (χ2v) is 7.84. The maximum atomic E-state index is 12.8. The first-order chi connectivity index (χ1) is 13.8. The summed E-state index contributed by atoms with van der Waals surface area (Å²) in [6.45, 7) is 3.75. The van der Waals surface area contributed by atoms with Gasteiger partial charge in [0.1, 0.15) is 11.7 Å². The normalized spacial score (nSPS) is 12.3. The summed E-state index contributed by atoms with van der Waals surface area (Å²) in [6, 6.07) is 14.6.